The summed E-state index contributed by atoms with van der Waals surface area (Å²) < 4.78 is 11.4. The van der Waals surface area contributed by atoms with Crippen LogP contribution >= 0.6 is 0 Å². The van der Waals surface area contributed by atoms with Gasteiger partial charge in [0.25, 0.3) is 0 Å². The van der Waals surface area contributed by atoms with Crippen molar-refractivity contribution in [3.63, 3.8) is 0 Å². The summed E-state index contributed by atoms with van der Waals surface area (Å²) in [5.41, 5.74) is 2.46. The van der Waals surface area contributed by atoms with E-state index in [-0.39, 0.29) is 12.4 Å². The summed E-state index contributed by atoms with van der Waals surface area (Å²) in [6.07, 6.45) is 3.34. The first-order chi connectivity index (χ1) is 16.2. The van der Waals surface area contributed by atoms with Gasteiger partial charge in [0.2, 0.25) is 0 Å². The van der Waals surface area contributed by atoms with Gasteiger partial charge >= 0.3 is 5.63 Å². The minimum atomic E-state index is -0.403. The number of carbonyl (C=O) groups excluding carboxylic acids is 1. The molecule has 5 aromatic rings. The summed E-state index contributed by atoms with van der Waals surface area (Å²) in [5.74, 6) is 0.626. The lowest BCUT2D eigenvalue weighted by atomic mass is 10.0. The quantitative estimate of drug-likeness (QED) is 0.134. The van der Waals surface area contributed by atoms with Gasteiger partial charge in [-0.15, -0.1) is 0 Å². The van der Waals surface area contributed by atoms with E-state index in [9.17, 15) is 9.59 Å². The van der Waals surface area contributed by atoms with Gasteiger partial charge in [0.1, 0.15) is 17.9 Å². The predicted molar refractivity (Wildman–Crippen MR) is 131 cm³/mol. The van der Waals surface area contributed by atoms with E-state index < -0.39 is 5.63 Å². The molecule has 0 N–H and O–H groups in total. The van der Waals surface area contributed by atoms with Gasteiger partial charge in [-0.1, -0.05) is 78.9 Å². The number of benzene rings is 4. The van der Waals surface area contributed by atoms with E-state index in [1.54, 1.807) is 24.3 Å². The Labute approximate surface area is 190 Å². The smallest absolute Gasteiger partial charge is 0.336 e. The first-order valence-electron chi connectivity index (χ1n) is 10.6. The standard InChI is InChI=1S/C29H20O4/c30-26(22-7-2-1-3-8-22)16-12-20-10-14-24(15-11-20)32-19-23-18-28(31)33-27-17-13-21-6-4-5-9-25(21)29(23)27/h1-18H,19H2/b16-12+. The molecule has 0 saturated heterocycles. The minimum absolute atomic E-state index is 0.0436. The Kier molecular flexibility index (Phi) is 5.56. The third-order valence-electron chi connectivity index (χ3n) is 5.47. The molecule has 1 heterocycles. The van der Waals surface area contributed by atoms with Crippen LogP contribution in [0.15, 0.2) is 112 Å². The molecule has 0 radical (unpaired) electrons. The SMILES string of the molecule is O=C(/C=C/c1ccc(OCc2cc(=O)oc3ccc4ccccc4c23)cc1)c1ccccc1. The van der Waals surface area contributed by atoms with Crippen molar-refractivity contribution >= 4 is 33.6 Å². The maximum absolute atomic E-state index is 12.2. The van der Waals surface area contributed by atoms with Crippen LogP contribution in [0.2, 0.25) is 0 Å². The molecule has 0 amide bonds. The lowest BCUT2D eigenvalue weighted by Gasteiger charge is -2.10. The van der Waals surface area contributed by atoms with Gasteiger partial charge in [0.15, 0.2) is 5.78 Å². The Bertz CT molecular complexity index is 1530. The van der Waals surface area contributed by atoms with Gasteiger partial charge in [-0.25, -0.2) is 4.79 Å². The molecule has 0 aliphatic heterocycles. The molecular weight excluding hydrogens is 412 g/mol. The van der Waals surface area contributed by atoms with E-state index >= 15 is 0 Å². The van der Waals surface area contributed by atoms with Crippen LogP contribution in [0.25, 0.3) is 27.8 Å². The molecule has 160 valence electrons. The van der Waals surface area contributed by atoms with Crippen molar-refractivity contribution in [3.05, 3.63) is 130 Å². The molecule has 4 heteroatoms. The summed E-state index contributed by atoms with van der Waals surface area (Å²) >= 11 is 0. The van der Waals surface area contributed by atoms with Crippen LogP contribution in [0, 0.1) is 0 Å². The van der Waals surface area contributed by atoms with Gasteiger partial charge in [0, 0.05) is 22.6 Å². The third kappa shape index (κ3) is 4.46. The average molecular weight is 432 g/mol. The lowest BCUT2D eigenvalue weighted by molar-refractivity contribution is 0.104. The molecule has 0 bridgehead atoms. The fourth-order valence-corrected chi connectivity index (χ4v) is 3.84. The Hall–Kier alpha value is -4.44. The number of allylic oxidation sites excluding steroid dienone is 1. The zero-order valence-electron chi connectivity index (χ0n) is 17.7. The van der Waals surface area contributed by atoms with Crippen LogP contribution in [0.5, 0.6) is 5.75 Å². The zero-order valence-corrected chi connectivity index (χ0v) is 17.7. The molecule has 0 unspecified atom stereocenters. The molecule has 0 atom stereocenters. The lowest BCUT2D eigenvalue weighted by Crippen LogP contribution is -2.04. The Morgan fingerprint density at radius 3 is 2.42 bits per heavy atom. The molecule has 0 fully saturated rings. The molecule has 33 heavy (non-hydrogen) atoms. The van der Waals surface area contributed by atoms with Gasteiger partial charge in [0.05, 0.1) is 0 Å². The van der Waals surface area contributed by atoms with Crippen LogP contribution in [-0.2, 0) is 6.61 Å². The number of ketones is 1. The second-order valence-electron chi connectivity index (χ2n) is 7.67. The highest BCUT2D eigenvalue weighted by molar-refractivity contribution is 6.07. The van der Waals surface area contributed by atoms with Gasteiger partial charge in [-0.05, 0) is 40.6 Å². The molecular formula is C29H20O4. The summed E-state index contributed by atoms with van der Waals surface area (Å²) in [5, 5.41) is 2.97. The van der Waals surface area contributed by atoms with Gasteiger partial charge in [-0.2, -0.15) is 0 Å². The number of hydrogen-bond acceptors (Lipinski definition) is 4. The highest BCUT2D eigenvalue weighted by Crippen LogP contribution is 2.28. The number of hydrogen-bond donors (Lipinski definition) is 0. The highest BCUT2D eigenvalue weighted by atomic mass is 16.5. The summed E-state index contributed by atoms with van der Waals surface area (Å²) in [7, 11) is 0. The molecule has 0 spiro atoms. The minimum Gasteiger partial charge on any atom is -0.489 e. The number of ether oxygens (including phenoxy) is 1. The Morgan fingerprint density at radius 2 is 1.61 bits per heavy atom. The van der Waals surface area contributed by atoms with E-state index in [1.807, 2.05) is 78.9 Å². The van der Waals surface area contributed by atoms with Crippen LogP contribution < -0.4 is 10.4 Å². The molecule has 0 saturated carbocycles. The second kappa shape index (κ2) is 8.97. The van der Waals surface area contributed by atoms with Crippen molar-refractivity contribution in [2.24, 2.45) is 0 Å². The van der Waals surface area contributed by atoms with Crippen molar-refractivity contribution in [1.82, 2.24) is 0 Å². The fourth-order valence-electron chi connectivity index (χ4n) is 3.84. The fraction of sp³-hybridized carbons (Fsp3) is 0.0345. The van der Waals surface area contributed by atoms with E-state index in [0.29, 0.717) is 16.9 Å². The maximum atomic E-state index is 12.2. The third-order valence-corrected chi connectivity index (χ3v) is 5.47. The van der Waals surface area contributed by atoms with E-state index in [2.05, 4.69) is 0 Å². The van der Waals surface area contributed by atoms with E-state index in [1.165, 1.54) is 6.07 Å². The summed E-state index contributed by atoms with van der Waals surface area (Å²) in [6.45, 7) is 0.234. The van der Waals surface area contributed by atoms with Crippen LogP contribution in [0.4, 0.5) is 0 Å². The van der Waals surface area contributed by atoms with Crippen LogP contribution in [-0.4, -0.2) is 5.78 Å². The topological polar surface area (TPSA) is 56.5 Å². The Morgan fingerprint density at radius 1 is 0.848 bits per heavy atom. The van der Waals surface area contributed by atoms with Crippen molar-refractivity contribution in [3.8, 4) is 5.75 Å². The van der Waals surface area contributed by atoms with Crippen molar-refractivity contribution < 1.29 is 13.9 Å². The largest absolute Gasteiger partial charge is 0.489 e. The van der Waals surface area contributed by atoms with E-state index in [4.69, 9.17) is 9.15 Å². The monoisotopic (exact) mass is 432 g/mol. The Balaban J connectivity index is 1.35. The van der Waals surface area contributed by atoms with Crippen LogP contribution in [0.1, 0.15) is 21.5 Å². The number of rotatable bonds is 6. The maximum Gasteiger partial charge on any atom is 0.336 e. The van der Waals surface area contributed by atoms with Gasteiger partial charge in [-0.3, -0.25) is 4.79 Å². The zero-order chi connectivity index (χ0) is 22.6. The molecule has 0 aliphatic rings. The van der Waals surface area contributed by atoms with Crippen LogP contribution in [0.3, 0.4) is 0 Å². The molecule has 4 nitrogen and oxygen atoms in total. The highest BCUT2D eigenvalue weighted by Gasteiger charge is 2.10. The van der Waals surface area contributed by atoms with E-state index in [0.717, 1.165) is 27.3 Å². The first kappa shape index (κ1) is 20.5. The first-order valence-corrected chi connectivity index (χ1v) is 10.6. The molecule has 0 aliphatic carbocycles. The predicted octanol–water partition coefficient (Wildman–Crippen LogP) is 6.42. The molecule has 4 aromatic carbocycles. The molecule has 5 rings (SSSR count). The second-order valence-corrected chi connectivity index (χ2v) is 7.67. The normalized spacial score (nSPS) is 11.3. The number of fused-ring (bicyclic) bond motifs is 3. The number of carbonyl (C=O) groups is 1. The summed E-state index contributed by atoms with van der Waals surface area (Å²) in [4.78, 5) is 24.3. The van der Waals surface area contributed by atoms with Crippen molar-refractivity contribution in [2.75, 3.05) is 0 Å². The van der Waals surface area contributed by atoms with Crippen molar-refractivity contribution in [2.45, 2.75) is 6.61 Å². The van der Waals surface area contributed by atoms with Crippen molar-refractivity contribution in [1.29, 1.82) is 0 Å². The average Bonchev–Trinajstić information content (AvgIpc) is 2.86. The summed E-state index contributed by atoms with van der Waals surface area (Å²) in [6, 6.07) is 29.9. The molecule has 1 aromatic heterocycles. The van der Waals surface area contributed by atoms with Gasteiger partial charge < -0.3 is 9.15 Å².